The van der Waals surface area contributed by atoms with Gasteiger partial charge in [0.1, 0.15) is 0 Å². The van der Waals surface area contributed by atoms with Gasteiger partial charge in [-0.15, -0.1) is 0 Å². The van der Waals surface area contributed by atoms with Crippen LogP contribution in [0.5, 0.6) is 0 Å². The van der Waals surface area contributed by atoms with Crippen LogP contribution in [0.4, 0.5) is 0 Å². The molecule has 0 bridgehead atoms. The number of carboxylic acid groups (broad SMARTS) is 1. The first-order valence-electron chi connectivity index (χ1n) is 7.61. The van der Waals surface area contributed by atoms with Crippen LogP contribution >= 0.6 is 0 Å². The number of hydrogen-bond donors (Lipinski definition) is 2. The molecule has 0 unspecified atom stereocenters. The summed E-state index contributed by atoms with van der Waals surface area (Å²) in [4.78, 5) is 27.0. The van der Waals surface area contributed by atoms with Gasteiger partial charge >= 0.3 is 5.97 Å². The van der Waals surface area contributed by atoms with Gasteiger partial charge in [0.05, 0.1) is 17.1 Å². The molecule has 2 fully saturated rings. The van der Waals surface area contributed by atoms with E-state index in [9.17, 15) is 14.7 Å². The summed E-state index contributed by atoms with van der Waals surface area (Å²) in [5, 5.41) is 19.8. The summed E-state index contributed by atoms with van der Waals surface area (Å²) in [7, 11) is 1.80. The Morgan fingerprint density at radius 2 is 1.86 bits per heavy atom. The van der Waals surface area contributed by atoms with E-state index in [1.54, 1.807) is 11.9 Å². The fraction of sp³-hybridized carbons (Fsp3) is 0.867. The summed E-state index contributed by atoms with van der Waals surface area (Å²) < 4.78 is 0. The molecule has 1 heterocycles. The van der Waals surface area contributed by atoms with E-state index in [1.807, 2.05) is 18.7 Å². The molecule has 6 heteroatoms. The molecule has 0 radical (unpaired) electrons. The van der Waals surface area contributed by atoms with Crippen molar-refractivity contribution < 1.29 is 19.8 Å². The number of nitrogens with zero attached hydrogens (tertiary/aromatic N) is 2. The standard InChI is InChI=1S/C15H26N2O4/c1-14(2)13(20)16(3)8-9-17(14)10-15(21)6-4-11(5-7-15)12(18)19/h11,21H,4-10H2,1-3H3,(H,18,19). The average Bonchev–Trinajstić information content (AvgIpc) is 2.41. The number of amides is 1. The molecule has 120 valence electrons. The van der Waals surface area contributed by atoms with E-state index in [0.717, 1.165) is 6.54 Å². The van der Waals surface area contributed by atoms with Crippen LogP contribution in [0.15, 0.2) is 0 Å². The zero-order chi connectivity index (χ0) is 15.8. The Labute approximate surface area is 125 Å². The summed E-state index contributed by atoms with van der Waals surface area (Å²) in [5.41, 5.74) is -1.49. The van der Waals surface area contributed by atoms with Crippen molar-refractivity contribution in [2.75, 3.05) is 26.7 Å². The first-order chi connectivity index (χ1) is 9.66. The number of carbonyl (C=O) groups excluding carboxylic acids is 1. The predicted octanol–water partition coefficient (Wildman–Crippen LogP) is 0.545. The van der Waals surface area contributed by atoms with E-state index in [1.165, 1.54) is 0 Å². The molecule has 1 aliphatic carbocycles. The Morgan fingerprint density at radius 1 is 1.29 bits per heavy atom. The molecule has 1 amide bonds. The van der Waals surface area contributed by atoms with E-state index in [-0.39, 0.29) is 11.8 Å². The van der Waals surface area contributed by atoms with Crippen LogP contribution in [0.25, 0.3) is 0 Å². The van der Waals surface area contributed by atoms with E-state index in [4.69, 9.17) is 5.11 Å². The van der Waals surface area contributed by atoms with Crippen molar-refractivity contribution in [3.05, 3.63) is 0 Å². The van der Waals surface area contributed by atoms with Gasteiger partial charge in [0.15, 0.2) is 0 Å². The van der Waals surface area contributed by atoms with Crippen LogP contribution in [-0.2, 0) is 9.59 Å². The van der Waals surface area contributed by atoms with Gasteiger partial charge in [0.25, 0.3) is 0 Å². The Bertz CT molecular complexity index is 427. The maximum absolute atomic E-state index is 12.3. The lowest BCUT2D eigenvalue weighted by Crippen LogP contribution is -2.65. The van der Waals surface area contributed by atoms with Gasteiger partial charge < -0.3 is 15.1 Å². The maximum Gasteiger partial charge on any atom is 0.306 e. The van der Waals surface area contributed by atoms with Gasteiger partial charge in [0, 0.05) is 26.7 Å². The molecule has 0 spiro atoms. The minimum atomic E-state index is -0.876. The number of β-amino-alcohol motifs (C(OH)–C–C–N with tert-alkyl or cyclic N) is 1. The number of hydrogen-bond acceptors (Lipinski definition) is 4. The van der Waals surface area contributed by atoms with Crippen molar-refractivity contribution in [3.63, 3.8) is 0 Å². The lowest BCUT2D eigenvalue weighted by atomic mass is 9.78. The molecule has 1 aliphatic heterocycles. The van der Waals surface area contributed by atoms with Gasteiger partial charge in [-0.05, 0) is 39.5 Å². The zero-order valence-electron chi connectivity index (χ0n) is 13.1. The third-order valence-corrected chi connectivity index (χ3v) is 5.12. The van der Waals surface area contributed by atoms with Crippen LogP contribution in [0.3, 0.4) is 0 Å². The van der Waals surface area contributed by atoms with Gasteiger partial charge in [-0.1, -0.05) is 0 Å². The quantitative estimate of drug-likeness (QED) is 0.795. The zero-order valence-corrected chi connectivity index (χ0v) is 13.1. The summed E-state index contributed by atoms with van der Waals surface area (Å²) >= 11 is 0. The Hall–Kier alpha value is -1.14. The minimum absolute atomic E-state index is 0.0663. The van der Waals surface area contributed by atoms with Crippen LogP contribution < -0.4 is 0 Å². The van der Waals surface area contributed by atoms with Crippen molar-refractivity contribution in [2.45, 2.75) is 50.7 Å². The minimum Gasteiger partial charge on any atom is -0.481 e. The molecule has 0 atom stereocenters. The van der Waals surface area contributed by atoms with Crippen molar-refractivity contribution in [3.8, 4) is 0 Å². The molecule has 2 rings (SSSR count). The molecular weight excluding hydrogens is 272 g/mol. The van der Waals surface area contributed by atoms with Crippen LogP contribution in [0, 0.1) is 5.92 Å². The topological polar surface area (TPSA) is 81.1 Å². The van der Waals surface area contributed by atoms with Crippen LogP contribution in [0.2, 0.25) is 0 Å². The highest BCUT2D eigenvalue weighted by Crippen LogP contribution is 2.35. The van der Waals surface area contributed by atoms with E-state index in [0.29, 0.717) is 38.8 Å². The van der Waals surface area contributed by atoms with Crippen LogP contribution in [-0.4, -0.2) is 69.7 Å². The van der Waals surface area contributed by atoms with Gasteiger partial charge in [-0.25, -0.2) is 0 Å². The monoisotopic (exact) mass is 298 g/mol. The normalized spacial score (nSPS) is 34.0. The second kappa shape index (κ2) is 5.57. The third kappa shape index (κ3) is 3.21. The largest absolute Gasteiger partial charge is 0.481 e. The van der Waals surface area contributed by atoms with Gasteiger partial charge in [-0.3, -0.25) is 14.5 Å². The van der Waals surface area contributed by atoms with E-state index < -0.39 is 17.1 Å². The summed E-state index contributed by atoms with van der Waals surface area (Å²) in [6.45, 7) is 5.61. The number of rotatable bonds is 3. The summed E-state index contributed by atoms with van der Waals surface area (Å²) in [5.74, 6) is -1.05. The van der Waals surface area contributed by atoms with Gasteiger partial charge in [0.2, 0.25) is 5.91 Å². The SMILES string of the molecule is CN1CCN(CC2(O)CCC(C(=O)O)CC2)C(C)(C)C1=O. The molecule has 2 aliphatic rings. The molecule has 2 N–H and O–H groups in total. The maximum atomic E-state index is 12.3. The molecule has 6 nitrogen and oxygen atoms in total. The molecule has 1 saturated carbocycles. The average molecular weight is 298 g/mol. The number of piperazine rings is 1. The summed E-state index contributed by atoms with van der Waals surface area (Å²) in [6, 6.07) is 0. The number of aliphatic hydroxyl groups is 1. The van der Waals surface area contributed by atoms with E-state index in [2.05, 4.69) is 0 Å². The Balaban J connectivity index is 2.01. The lowest BCUT2D eigenvalue weighted by Gasteiger charge is -2.48. The highest BCUT2D eigenvalue weighted by atomic mass is 16.4. The Morgan fingerprint density at radius 3 is 2.38 bits per heavy atom. The molecular formula is C15H26N2O4. The Kier molecular flexibility index (Phi) is 4.31. The molecule has 0 aromatic carbocycles. The van der Waals surface area contributed by atoms with Crippen molar-refractivity contribution in [1.29, 1.82) is 0 Å². The molecule has 21 heavy (non-hydrogen) atoms. The summed E-state index contributed by atoms with van der Waals surface area (Å²) in [6.07, 6.45) is 1.99. The number of carboxylic acids is 1. The van der Waals surface area contributed by atoms with Crippen molar-refractivity contribution >= 4 is 11.9 Å². The highest BCUT2D eigenvalue weighted by molar-refractivity contribution is 5.86. The molecule has 0 aromatic heterocycles. The number of likely N-dealkylation sites (N-methyl/N-ethyl adjacent to an activating group) is 1. The predicted molar refractivity (Wildman–Crippen MR) is 77.8 cm³/mol. The highest BCUT2D eigenvalue weighted by Gasteiger charge is 2.45. The van der Waals surface area contributed by atoms with E-state index >= 15 is 0 Å². The third-order valence-electron chi connectivity index (χ3n) is 5.12. The smallest absolute Gasteiger partial charge is 0.306 e. The molecule has 0 aromatic rings. The second-order valence-electron chi connectivity index (χ2n) is 7.04. The first-order valence-corrected chi connectivity index (χ1v) is 7.61. The second-order valence-corrected chi connectivity index (χ2v) is 7.04. The lowest BCUT2D eigenvalue weighted by molar-refractivity contribution is -0.152. The molecule has 1 saturated heterocycles. The van der Waals surface area contributed by atoms with Crippen LogP contribution in [0.1, 0.15) is 39.5 Å². The number of aliphatic carboxylic acids is 1. The number of carbonyl (C=O) groups is 2. The van der Waals surface area contributed by atoms with Gasteiger partial charge in [-0.2, -0.15) is 0 Å². The fourth-order valence-corrected chi connectivity index (χ4v) is 3.45. The fourth-order valence-electron chi connectivity index (χ4n) is 3.45. The first kappa shape index (κ1) is 16.2. The van der Waals surface area contributed by atoms with Crippen molar-refractivity contribution in [1.82, 2.24) is 9.80 Å². The van der Waals surface area contributed by atoms with Crippen molar-refractivity contribution in [2.24, 2.45) is 5.92 Å².